The molecule has 0 spiro atoms. The lowest BCUT2D eigenvalue weighted by Gasteiger charge is -2.02. The van der Waals surface area contributed by atoms with Gasteiger partial charge in [-0.1, -0.05) is 6.07 Å². The fourth-order valence-corrected chi connectivity index (χ4v) is 0.764. The summed E-state index contributed by atoms with van der Waals surface area (Å²) in [6.07, 6.45) is 0. The first kappa shape index (κ1) is 6.89. The minimum atomic E-state index is -0.224. The van der Waals surface area contributed by atoms with Gasteiger partial charge >= 0.3 is 0 Å². The van der Waals surface area contributed by atoms with E-state index in [1.807, 2.05) is 0 Å². The number of aliphatic hydroxyl groups is 1. The number of phenols is 1. The molecule has 1 aromatic rings. The van der Waals surface area contributed by atoms with Crippen LogP contribution in [0, 0.1) is 0 Å². The number of aliphatic hydroxyl groups excluding tert-OH is 1. The smallest absolute Gasteiger partial charge is 0.123 e. The maximum absolute atomic E-state index is 9.05. The largest absolute Gasteiger partial charge is 0.508 e. The van der Waals surface area contributed by atoms with Gasteiger partial charge < -0.3 is 15.9 Å². The van der Waals surface area contributed by atoms with Crippen molar-refractivity contribution in [2.45, 2.75) is 6.61 Å². The molecule has 0 amide bonds. The molecule has 4 N–H and O–H groups in total. The molecule has 1 aromatic carbocycles. The van der Waals surface area contributed by atoms with Gasteiger partial charge in [0.15, 0.2) is 0 Å². The Balaban J connectivity index is 3.17. The van der Waals surface area contributed by atoms with Crippen molar-refractivity contribution in [3.63, 3.8) is 0 Å². The fraction of sp³-hybridized carbons (Fsp3) is 0.143. The minimum absolute atomic E-state index is 0.0440. The van der Waals surface area contributed by atoms with Crippen molar-refractivity contribution >= 4 is 5.69 Å². The van der Waals surface area contributed by atoms with Gasteiger partial charge in [0.2, 0.25) is 0 Å². The second-order valence-corrected chi connectivity index (χ2v) is 2.00. The van der Waals surface area contributed by atoms with E-state index in [0.717, 1.165) is 0 Å². The first-order valence-corrected chi connectivity index (χ1v) is 2.93. The molecular weight excluding hydrogens is 130 g/mol. The van der Waals surface area contributed by atoms with Gasteiger partial charge in [0.25, 0.3) is 0 Å². The molecule has 0 aromatic heterocycles. The predicted molar refractivity (Wildman–Crippen MR) is 38.4 cm³/mol. The number of anilines is 1. The van der Waals surface area contributed by atoms with E-state index in [0.29, 0.717) is 11.3 Å². The maximum atomic E-state index is 9.05. The zero-order valence-corrected chi connectivity index (χ0v) is 5.41. The van der Waals surface area contributed by atoms with E-state index < -0.39 is 0 Å². The van der Waals surface area contributed by atoms with Gasteiger partial charge in [-0.05, 0) is 12.1 Å². The Hall–Kier alpha value is -1.22. The van der Waals surface area contributed by atoms with Gasteiger partial charge in [-0.15, -0.1) is 0 Å². The SMILES string of the molecule is Nc1cccc(O)c1CO. The van der Waals surface area contributed by atoms with Crippen molar-refractivity contribution in [1.82, 2.24) is 0 Å². The molecule has 0 radical (unpaired) electrons. The molecule has 0 heterocycles. The third-order valence-corrected chi connectivity index (χ3v) is 1.35. The molecule has 0 fully saturated rings. The third kappa shape index (κ3) is 1.04. The summed E-state index contributed by atoms with van der Waals surface area (Å²) in [6, 6.07) is 4.75. The summed E-state index contributed by atoms with van der Waals surface area (Å²) in [7, 11) is 0. The number of benzene rings is 1. The summed E-state index contributed by atoms with van der Waals surface area (Å²) in [5.41, 5.74) is 6.22. The van der Waals surface area contributed by atoms with Crippen LogP contribution in [0.1, 0.15) is 5.56 Å². The Morgan fingerprint density at radius 1 is 1.40 bits per heavy atom. The Bertz CT molecular complexity index is 215. The van der Waals surface area contributed by atoms with E-state index in [1.54, 1.807) is 12.1 Å². The molecule has 0 aliphatic heterocycles. The molecule has 0 aliphatic rings. The molecule has 0 saturated carbocycles. The number of aromatic hydroxyl groups is 1. The Morgan fingerprint density at radius 3 is 2.50 bits per heavy atom. The molecule has 0 unspecified atom stereocenters. The lowest BCUT2D eigenvalue weighted by atomic mass is 10.2. The topological polar surface area (TPSA) is 66.5 Å². The third-order valence-electron chi connectivity index (χ3n) is 1.35. The standard InChI is InChI=1S/C7H9NO2/c8-6-2-1-3-7(10)5(6)4-9/h1-3,9-10H,4,8H2. The average Bonchev–Trinajstić information content (AvgIpc) is 1.88. The second-order valence-electron chi connectivity index (χ2n) is 2.00. The van der Waals surface area contributed by atoms with E-state index >= 15 is 0 Å². The fourth-order valence-electron chi connectivity index (χ4n) is 0.764. The summed E-state index contributed by atoms with van der Waals surface area (Å²) in [5, 5.41) is 17.7. The normalized spacial score (nSPS) is 9.70. The number of nitrogen functional groups attached to an aromatic ring is 1. The highest BCUT2D eigenvalue weighted by Crippen LogP contribution is 2.21. The Labute approximate surface area is 58.7 Å². The van der Waals surface area contributed by atoms with Crippen LogP contribution in [0.5, 0.6) is 5.75 Å². The van der Waals surface area contributed by atoms with Gasteiger partial charge in [-0.2, -0.15) is 0 Å². The lowest BCUT2D eigenvalue weighted by Crippen LogP contribution is -1.93. The molecule has 54 valence electrons. The van der Waals surface area contributed by atoms with Crippen LogP contribution >= 0.6 is 0 Å². The molecule has 1 rings (SSSR count). The zero-order chi connectivity index (χ0) is 7.56. The molecule has 3 nitrogen and oxygen atoms in total. The van der Waals surface area contributed by atoms with Gasteiger partial charge in [0.1, 0.15) is 5.75 Å². The number of rotatable bonds is 1. The summed E-state index contributed by atoms with van der Waals surface area (Å²) in [5.74, 6) is 0.0440. The van der Waals surface area contributed by atoms with Crippen LogP contribution in [0.4, 0.5) is 5.69 Å². The highest BCUT2D eigenvalue weighted by atomic mass is 16.3. The van der Waals surface area contributed by atoms with Crippen LogP contribution in [0.2, 0.25) is 0 Å². The van der Waals surface area contributed by atoms with Crippen molar-refractivity contribution in [3.8, 4) is 5.75 Å². The molecular formula is C7H9NO2. The number of hydrogen-bond acceptors (Lipinski definition) is 3. The van der Waals surface area contributed by atoms with E-state index in [4.69, 9.17) is 15.9 Å². The van der Waals surface area contributed by atoms with Crippen LogP contribution in [-0.2, 0) is 6.61 Å². The van der Waals surface area contributed by atoms with Crippen molar-refractivity contribution in [1.29, 1.82) is 0 Å². The monoisotopic (exact) mass is 139 g/mol. The number of hydrogen-bond donors (Lipinski definition) is 3. The molecule has 0 aliphatic carbocycles. The first-order valence-electron chi connectivity index (χ1n) is 2.93. The highest BCUT2D eigenvalue weighted by Gasteiger charge is 2.01. The molecule has 0 saturated heterocycles. The molecule has 3 heteroatoms. The zero-order valence-electron chi connectivity index (χ0n) is 5.41. The summed E-state index contributed by atoms with van der Waals surface area (Å²) in [6.45, 7) is -0.224. The molecule has 0 atom stereocenters. The first-order chi connectivity index (χ1) is 4.75. The van der Waals surface area contributed by atoms with Gasteiger partial charge in [-0.25, -0.2) is 0 Å². The summed E-state index contributed by atoms with van der Waals surface area (Å²) >= 11 is 0. The summed E-state index contributed by atoms with van der Waals surface area (Å²) < 4.78 is 0. The quantitative estimate of drug-likeness (QED) is 0.495. The second kappa shape index (κ2) is 2.58. The van der Waals surface area contributed by atoms with Crippen LogP contribution in [0.3, 0.4) is 0 Å². The van der Waals surface area contributed by atoms with Crippen molar-refractivity contribution in [2.24, 2.45) is 0 Å². The van der Waals surface area contributed by atoms with Crippen LogP contribution < -0.4 is 5.73 Å². The van der Waals surface area contributed by atoms with E-state index in [2.05, 4.69) is 0 Å². The van der Waals surface area contributed by atoms with Gasteiger partial charge in [-0.3, -0.25) is 0 Å². The van der Waals surface area contributed by atoms with Crippen LogP contribution in [0.15, 0.2) is 18.2 Å². The minimum Gasteiger partial charge on any atom is -0.508 e. The molecule has 0 bridgehead atoms. The van der Waals surface area contributed by atoms with Crippen molar-refractivity contribution in [2.75, 3.05) is 5.73 Å². The Kier molecular flexibility index (Phi) is 1.78. The van der Waals surface area contributed by atoms with Crippen LogP contribution in [0.25, 0.3) is 0 Å². The van der Waals surface area contributed by atoms with Gasteiger partial charge in [0.05, 0.1) is 6.61 Å². The van der Waals surface area contributed by atoms with Crippen LogP contribution in [-0.4, -0.2) is 10.2 Å². The predicted octanol–water partition coefficient (Wildman–Crippen LogP) is 0.467. The van der Waals surface area contributed by atoms with E-state index in [9.17, 15) is 0 Å². The average molecular weight is 139 g/mol. The van der Waals surface area contributed by atoms with Gasteiger partial charge in [0, 0.05) is 11.3 Å². The Morgan fingerprint density at radius 2 is 2.10 bits per heavy atom. The van der Waals surface area contributed by atoms with Crippen molar-refractivity contribution in [3.05, 3.63) is 23.8 Å². The lowest BCUT2D eigenvalue weighted by molar-refractivity contribution is 0.276. The van der Waals surface area contributed by atoms with E-state index in [-0.39, 0.29) is 12.4 Å². The highest BCUT2D eigenvalue weighted by molar-refractivity contribution is 5.52. The maximum Gasteiger partial charge on any atom is 0.123 e. The number of nitrogens with two attached hydrogens (primary N) is 1. The summed E-state index contributed by atoms with van der Waals surface area (Å²) in [4.78, 5) is 0. The molecule has 10 heavy (non-hydrogen) atoms. The van der Waals surface area contributed by atoms with Crippen molar-refractivity contribution < 1.29 is 10.2 Å². The van der Waals surface area contributed by atoms with E-state index in [1.165, 1.54) is 6.07 Å².